The second-order valence-electron chi connectivity index (χ2n) is 5.25. The minimum Gasteiger partial charge on any atom is -0.496 e. The van der Waals surface area contributed by atoms with Crippen LogP contribution in [0.4, 0.5) is 10.1 Å². The summed E-state index contributed by atoms with van der Waals surface area (Å²) in [5.74, 6) is -0.815. The van der Waals surface area contributed by atoms with Gasteiger partial charge in [0.25, 0.3) is 5.91 Å². The van der Waals surface area contributed by atoms with Crippen LogP contribution in [-0.4, -0.2) is 24.4 Å². The molecule has 8 heteroatoms. The smallest absolute Gasteiger partial charge is 0.252 e. The topological polar surface area (TPSA) is 104 Å². The lowest BCUT2D eigenvalue weighted by atomic mass is 10.1. The molecule has 0 saturated heterocycles. The summed E-state index contributed by atoms with van der Waals surface area (Å²) in [6, 6.07) is 8.58. The van der Waals surface area contributed by atoms with E-state index >= 15 is 0 Å². The molecule has 0 saturated carbocycles. The van der Waals surface area contributed by atoms with Crippen molar-refractivity contribution in [2.45, 2.75) is 0 Å². The third kappa shape index (κ3) is 3.25. The van der Waals surface area contributed by atoms with Crippen molar-refractivity contribution in [2.75, 3.05) is 12.4 Å². The van der Waals surface area contributed by atoms with Gasteiger partial charge < -0.3 is 20.5 Å². The third-order valence-electron chi connectivity index (χ3n) is 3.67. The summed E-state index contributed by atoms with van der Waals surface area (Å²) in [5, 5.41) is 2.82. The molecule has 132 valence electrons. The van der Waals surface area contributed by atoms with E-state index in [1.807, 2.05) is 0 Å². The number of pyridine rings is 1. The van der Waals surface area contributed by atoms with E-state index in [1.165, 1.54) is 37.6 Å². The lowest BCUT2D eigenvalue weighted by molar-refractivity contribution is -0.105. The van der Waals surface area contributed by atoms with Gasteiger partial charge in [-0.1, -0.05) is 0 Å². The van der Waals surface area contributed by atoms with Crippen molar-refractivity contribution in [3.05, 3.63) is 54.0 Å². The number of carbonyl (C=O) groups is 2. The molecule has 0 aliphatic rings. The molecule has 2 amide bonds. The number of fused-ring (bicyclic) bond motifs is 1. The Kier molecular flexibility index (Phi) is 4.66. The number of nitrogens with two attached hydrogens (primary N) is 1. The second-order valence-corrected chi connectivity index (χ2v) is 5.25. The fourth-order valence-electron chi connectivity index (χ4n) is 2.46. The summed E-state index contributed by atoms with van der Waals surface area (Å²) in [6.45, 7) is 0. The number of anilines is 1. The highest BCUT2D eigenvalue weighted by Gasteiger charge is 2.15. The average Bonchev–Trinajstić information content (AvgIpc) is 2.63. The molecular formula is C18H14FN3O4. The van der Waals surface area contributed by atoms with Crippen LogP contribution in [0.25, 0.3) is 10.9 Å². The van der Waals surface area contributed by atoms with Crippen LogP contribution in [0.3, 0.4) is 0 Å². The summed E-state index contributed by atoms with van der Waals surface area (Å²) in [4.78, 5) is 26.3. The van der Waals surface area contributed by atoms with E-state index in [0.717, 1.165) is 6.07 Å². The van der Waals surface area contributed by atoms with Crippen LogP contribution in [0.1, 0.15) is 10.4 Å². The monoisotopic (exact) mass is 355 g/mol. The van der Waals surface area contributed by atoms with Crippen LogP contribution in [0, 0.1) is 5.82 Å². The zero-order chi connectivity index (χ0) is 18.7. The molecule has 0 aliphatic heterocycles. The van der Waals surface area contributed by atoms with Crippen molar-refractivity contribution in [2.24, 2.45) is 5.73 Å². The normalized spacial score (nSPS) is 10.4. The number of methoxy groups -OCH3 is 1. The molecule has 0 aliphatic carbocycles. The number of benzene rings is 2. The Hall–Kier alpha value is -3.68. The molecule has 0 spiro atoms. The number of ether oxygens (including phenoxy) is 2. The van der Waals surface area contributed by atoms with Crippen molar-refractivity contribution in [1.82, 2.24) is 4.98 Å². The molecule has 7 nitrogen and oxygen atoms in total. The Morgan fingerprint density at radius 1 is 1.19 bits per heavy atom. The molecule has 0 radical (unpaired) electrons. The number of amides is 2. The molecule has 0 atom stereocenters. The summed E-state index contributed by atoms with van der Waals surface area (Å²) < 4.78 is 25.0. The first-order valence-electron chi connectivity index (χ1n) is 7.47. The fourth-order valence-corrected chi connectivity index (χ4v) is 2.46. The molecule has 26 heavy (non-hydrogen) atoms. The molecule has 1 aromatic heterocycles. The Morgan fingerprint density at radius 2 is 2.00 bits per heavy atom. The van der Waals surface area contributed by atoms with Gasteiger partial charge in [-0.3, -0.25) is 14.6 Å². The summed E-state index contributed by atoms with van der Waals surface area (Å²) >= 11 is 0. The highest BCUT2D eigenvalue weighted by molar-refractivity contribution is 6.01. The van der Waals surface area contributed by atoms with Crippen LogP contribution in [0.2, 0.25) is 0 Å². The quantitative estimate of drug-likeness (QED) is 0.662. The highest BCUT2D eigenvalue weighted by atomic mass is 19.1. The number of nitrogens with one attached hydrogen (secondary N) is 1. The molecule has 1 heterocycles. The minimum atomic E-state index is -0.672. The maximum absolute atomic E-state index is 14.2. The molecule has 3 rings (SSSR count). The van der Waals surface area contributed by atoms with Crippen molar-refractivity contribution >= 4 is 28.9 Å². The Balaban J connectivity index is 2.06. The van der Waals surface area contributed by atoms with Gasteiger partial charge in [-0.2, -0.15) is 0 Å². The molecule has 0 unspecified atom stereocenters. The Labute approximate surface area is 147 Å². The number of primary amides is 1. The fraction of sp³-hybridized carbons (Fsp3) is 0.0556. The lowest BCUT2D eigenvalue weighted by Crippen LogP contribution is -2.12. The third-order valence-corrected chi connectivity index (χ3v) is 3.67. The van der Waals surface area contributed by atoms with Crippen LogP contribution in [0.5, 0.6) is 17.2 Å². The van der Waals surface area contributed by atoms with Crippen LogP contribution < -0.4 is 20.5 Å². The predicted molar refractivity (Wildman–Crippen MR) is 93.0 cm³/mol. The number of carbonyl (C=O) groups excluding carboxylic acids is 2. The number of hydrogen-bond donors (Lipinski definition) is 2. The van der Waals surface area contributed by atoms with Gasteiger partial charge in [0, 0.05) is 29.4 Å². The number of nitrogens with zero attached hydrogens (tertiary/aromatic N) is 1. The summed E-state index contributed by atoms with van der Waals surface area (Å²) in [6.07, 6.45) is 1.94. The number of aromatic nitrogens is 1. The first kappa shape index (κ1) is 17.2. The predicted octanol–water partition coefficient (Wildman–Crippen LogP) is 2.84. The van der Waals surface area contributed by atoms with Crippen molar-refractivity contribution < 1.29 is 23.5 Å². The lowest BCUT2D eigenvalue weighted by Gasteiger charge is -2.12. The van der Waals surface area contributed by atoms with Gasteiger partial charge in [0.1, 0.15) is 11.5 Å². The molecule has 0 fully saturated rings. The van der Waals surface area contributed by atoms with Gasteiger partial charge in [-0.25, -0.2) is 4.39 Å². The maximum Gasteiger partial charge on any atom is 0.252 e. The zero-order valence-corrected chi connectivity index (χ0v) is 13.7. The van der Waals surface area contributed by atoms with Crippen molar-refractivity contribution in [3.63, 3.8) is 0 Å². The number of hydrogen-bond acceptors (Lipinski definition) is 5. The zero-order valence-electron chi connectivity index (χ0n) is 13.7. The van der Waals surface area contributed by atoms with Crippen molar-refractivity contribution in [1.29, 1.82) is 0 Å². The van der Waals surface area contributed by atoms with Gasteiger partial charge in [-0.05, 0) is 24.3 Å². The Morgan fingerprint density at radius 3 is 2.65 bits per heavy atom. The maximum atomic E-state index is 14.2. The molecular weight excluding hydrogens is 341 g/mol. The Bertz CT molecular complexity index is 1010. The van der Waals surface area contributed by atoms with E-state index in [9.17, 15) is 14.0 Å². The van der Waals surface area contributed by atoms with E-state index in [-0.39, 0.29) is 22.8 Å². The number of halogens is 1. The number of rotatable bonds is 6. The SMILES string of the molecule is COc1cc2nccc(Oc3ccc(NC=O)cc3F)c2cc1C(N)=O. The van der Waals surface area contributed by atoms with Crippen LogP contribution in [0.15, 0.2) is 42.6 Å². The largest absolute Gasteiger partial charge is 0.496 e. The summed E-state index contributed by atoms with van der Waals surface area (Å²) in [7, 11) is 1.41. The van der Waals surface area contributed by atoms with E-state index in [0.29, 0.717) is 23.0 Å². The minimum absolute atomic E-state index is 0.0506. The van der Waals surface area contributed by atoms with Crippen molar-refractivity contribution in [3.8, 4) is 17.2 Å². The van der Waals surface area contributed by atoms with Crippen LogP contribution >= 0.6 is 0 Å². The molecule has 3 N–H and O–H groups in total. The van der Waals surface area contributed by atoms with E-state index in [1.54, 1.807) is 6.07 Å². The first-order chi connectivity index (χ1) is 12.5. The molecule has 2 aromatic carbocycles. The molecule has 3 aromatic rings. The van der Waals surface area contributed by atoms with Gasteiger partial charge >= 0.3 is 0 Å². The second kappa shape index (κ2) is 7.06. The highest BCUT2D eigenvalue weighted by Crippen LogP contribution is 2.34. The average molecular weight is 355 g/mol. The molecule has 0 bridgehead atoms. The van der Waals surface area contributed by atoms with Gasteiger partial charge in [-0.15, -0.1) is 0 Å². The van der Waals surface area contributed by atoms with Gasteiger partial charge in [0.2, 0.25) is 6.41 Å². The first-order valence-corrected chi connectivity index (χ1v) is 7.47. The van der Waals surface area contributed by atoms with E-state index in [2.05, 4.69) is 10.3 Å². The summed E-state index contributed by atoms with van der Waals surface area (Å²) in [5.41, 5.74) is 6.32. The van der Waals surface area contributed by atoms with E-state index < -0.39 is 11.7 Å². The standard InChI is InChI=1S/C18H14FN3O4/c1-25-17-8-14-11(7-12(17)18(20)24)15(4-5-21-14)26-16-3-2-10(22-9-23)6-13(16)19/h2-9H,1H3,(H2,20,24)(H,22,23). The van der Waals surface area contributed by atoms with Gasteiger partial charge in [0.05, 0.1) is 18.2 Å². The van der Waals surface area contributed by atoms with Gasteiger partial charge in [0.15, 0.2) is 11.6 Å². The van der Waals surface area contributed by atoms with Crippen LogP contribution in [-0.2, 0) is 4.79 Å². The van der Waals surface area contributed by atoms with E-state index in [4.69, 9.17) is 15.2 Å².